The van der Waals surface area contributed by atoms with Gasteiger partial charge in [-0.2, -0.15) is 0 Å². The molecule has 0 spiro atoms. The van der Waals surface area contributed by atoms with Crippen LogP contribution in [0.5, 0.6) is 0 Å². The Labute approximate surface area is 122 Å². The molecule has 4 nitrogen and oxygen atoms in total. The molecule has 4 heteroatoms. The van der Waals surface area contributed by atoms with E-state index in [0.717, 1.165) is 38.5 Å². The Kier molecular flexibility index (Phi) is 16.5. The Morgan fingerprint density at radius 1 is 0.500 bits per heavy atom. The van der Waals surface area contributed by atoms with Crippen molar-refractivity contribution < 1.29 is 9.59 Å². The summed E-state index contributed by atoms with van der Waals surface area (Å²) in [5.74, 6) is 0. The summed E-state index contributed by atoms with van der Waals surface area (Å²) < 4.78 is 0. The molecule has 0 amide bonds. The number of aliphatic imine (C=N–C) groups is 2. The molecule has 0 aromatic carbocycles. The highest BCUT2D eigenvalue weighted by molar-refractivity contribution is 6.13. The smallest absolute Gasteiger partial charge is 0.160 e. The van der Waals surface area contributed by atoms with E-state index in [-0.39, 0.29) is 0 Å². The van der Waals surface area contributed by atoms with Crippen LogP contribution in [0.3, 0.4) is 0 Å². The first-order valence-electron chi connectivity index (χ1n) is 7.79. The third kappa shape index (κ3) is 16.7. The van der Waals surface area contributed by atoms with Gasteiger partial charge >= 0.3 is 0 Å². The molecule has 0 saturated heterocycles. The molecule has 0 aliphatic rings. The van der Waals surface area contributed by atoms with Gasteiger partial charge in [0.15, 0.2) is 12.6 Å². The minimum absolute atomic E-state index is 0.731. The van der Waals surface area contributed by atoms with Crippen LogP contribution in [0.1, 0.15) is 64.2 Å². The molecule has 0 aromatic rings. The number of carbonyl (C=O) groups is 2. The standard InChI is InChI=1S/C16H28N2O2/c19-15-13-17-11-9-7-5-3-1-2-4-6-8-10-12-18-14-16-20/h13-16H,1-12H2. The van der Waals surface area contributed by atoms with E-state index in [1.807, 2.05) is 0 Å². The van der Waals surface area contributed by atoms with Gasteiger partial charge in [-0.15, -0.1) is 0 Å². The van der Waals surface area contributed by atoms with Crippen LogP contribution in [-0.2, 0) is 9.59 Å². The topological polar surface area (TPSA) is 58.9 Å². The lowest BCUT2D eigenvalue weighted by Crippen LogP contribution is -1.86. The molecule has 0 saturated carbocycles. The zero-order valence-electron chi connectivity index (χ0n) is 12.5. The second-order valence-electron chi connectivity index (χ2n) is 4.92. The number of nitrogens with zero attached hydrogens (tertiary/aromatic N) is 2. The third-order valence-corrected chi connectivity index (χ3v) is 3.16. The van der Waals surface area contributed by atoms with Gasteiger partial charge in [0.1, 0.15) is 0 Å². The molecule has 0 radical (unpaired) electrons. The molecule has 20 heavy (non-hydrogen) atoms. The van der Waals surface area contributed by atoms with Crippen molar-refractivity contribution in [3.63, 3.8) is 0 Å². The molecule has 0 atom stereocenters. The van der Waals surface area contributed by atoms with Gasteiger partial charge in [0.05, 0.1) is 12.4 Å². The fourth-order valence-electron chi connectivity index (χ4n) is 2.06. The second-order valence-corrected chi connectivity index (χ2v) is 4.92. The number of rotatable bonds is 15. The highest BCUT2D eigenvalue weighted by Gasteiger charge is 1.92. The molecule has 0 fully saturated rings. The first-order chi connectivity index (χ1) is 9.91. The Morgan fingerprint density at radius 3 is 1.10 bits per heavy atom. The summed E-state index contributed by atoms with van der Waals surface area (Å²) in [6.45, 7) is 1.57. The summed E-state index contributed by atoms with van der Waals surface area (Å²) in [4.78, 5) is 27.9. The first kappa shape index (κ1) is 18.7. The van der Waals surface area contributed by atoms with Crippen molar-refractivity contribution >= 4 is 25.0 Å². The zero-order valence-corrected chi connectivity index (χ0v) is 12.5. The van der Waals surface area contributed by atoms with Crippen LogP contribution in [0.25, 0.3) is 0 Å². The lowest BCUT2D eigenvalue weighted by molar-refractivity contribution is -0.103. The van der Waals surface area contributed by atoms with Gasteiger partial charge in [0.25, 0.3) is 0 Å². The van der Waals surface area contributed by atoms with Crippen molar-refractivity contribution in [2.75, 3.05) is 13.1 Å². The van der Waals surface area contributed by atoms with Gasteiger partial charge in [-0.25, -0.2) is 0 Å². The molecule has 0 aliphatic heterocycles. The van der Waals surface area contributed by atoms with E-state index in [4.69, 9.17) is 0 Å². The first-order valence-corrected chi connectivity index (χ1v) is 7.79. The van der Waals surface area contributed by atoms with Crippen LogP contribution in [0.4, 0.5) is 0 Å². The lowest BCUT2D eigenvalue weighted by Gasteiger charge is -2.01. The van der Waals surface area contributed by atoms with Crippen molar-refractivity contribution in [3.8, 4) is 0 Å². The van der Waals surface area contributed by atoms with E-state index in [1.165, 1.54) is 63.8 Å². The minimum atomic E-state index is 0.731. The van der Waals surface area contributed by atoms with Crippen LogP contribution < -0.4 is 0 Å². The van der Waals surface area contributed by atoms with Gasteiger partial charge in [-0.05, 0) is 12.8 Å². The Morgan fingerprint density at radius 2 is 0.800 bits per heavy atom. The van der Waals surface area contributed by atoms with E-state index < -0.39 is 0 Å². The van der Waals surface area contributed by atoms with Crippen molar-refractivity contribution in [1.29, 1.82) is 0 Å². The highest BCUT2D eigenvalue weighted by Crippen LogP contribution is 2.10. The number of hydrogen-bond acceptors (Lipinski definition) is 4. The molecule has 114 valence electrons. The fraction of sp³-hybridized carbons (Fsp3) is 0.750. The Bertz CT molecular complexity index is 248. The molecule has 0 bridgehead atoms. The molecule has 0 rings (SSSR count). The second kappa shape index (κ2) is 17.7. The van der Waals surface area contributed by atoms with Crippen molar-refractivity contribution in [2.24, 2.45) is 9.98 Å². The number of unbranched alkanes of at least 4 members (excludes halogenated alkanes) is 9. The Balaban J connectivity index is 3.02. The van der Waals surface area contributed by atoms with Crippen LogP contribution in [0.2, 0.25) is 0 Å². The van der Waals surface area contributed by atoms with Crippen LogP contribution in [-0.4, -0.2) is 38.1 Å². The lowest BCUT2D eigenvalue weighted by atomic mass is 10.1. The summed E-state index contributed by atoms with van der Waals surface area (Å²) in [7, 11) is 0. The molecular weight excluding hydrogens is 252 g/mol. The zero-order chi connectivity index (χ0) is 14.7. The summed E-state index contributed by atoms with van der Waals surface area (Å²) in [6.07, 6.45) is 16.5. The summed E-state index contributed by atoms with van der Waals surface area (Å²) in [6, 6.07) is 0. The summed E-state index contributed by atoms with van der Waals surface area (Å²) in [5.41, 5.74) is 0. The van der Waals surface area contributed by atoms with E-state index in [2.05, 4.69) is 9.98 Å². The predicted octanol–water partition coefficient (Wildman–Crippen LogP) is 3.43. The molecule has 0 N–H and O–H groups in total. The largest absolute Gasteiger partial charge is 0.297 e. The van der Waals surface area contributed by atoms with Gasteiger partial charge in [-0.3, -0.25) is 19.6 Å². The number of aldehydes is 2. The molecule has 0 heterocycles. The molecule has 0 aliphatic carbocycles. The van der Waals surface area contributed by atoms with E-state index in [1.54, 1.807) is 0 Å². The SMILES string of the molecule is O=CC=NCCCCCCCCCCCCN=CC=O. The van der Waals surface area contributed by atoms with Gasteiger partial charge < -0.3 is 0 Å². The number of hydrogen-bond donors (Lipinski definition) is 0. The maximum atomic E-state index is 9.98. The van der Waals surface area contributed by atoms with E-state index in [0.29, 0.717) is 0 Å². The van der Waals surface area contributed by atoms with E-state index in [9.17, 15) is 9.59 Å². The van der Waals surface area contributed by atoms with Crippen molar-refractivity contribution in [2.45, 2.75) is 64.2 Å². The maximum Gasteiger partial charge on any atom is 0.160 e. The van der Waals surface area contributed by atoms with Gasteiger partial charge in [0.2, 0.25) is 0 Å². The molecule has 0 unspecified atom stereocenters. The summed E-state index contributed by atoms with van der Waals surface area (Å²) >= 11 is 0. The van der Waals surface area contributed by atoms with Crippen LogP contribution >= 0.6 is 0 Å². The molecule has 0 aromatic heterocycles. The average Bonchev–Trinajstić information content (AvgIpc) is 2.47. The van der Waals surface area contributed by atoms with Crippen molar-refractivity contribution in [3.05, 3.63) is 0 Å². The van der Waals surface area contributed by atoms with E-state index >= 15 is 0 Å². The maximum absolute atomic E-state index is 9.98. The fourth-order valence-corrected chi connectivity index (χ4v) is 2.06. The monoisotopic (exact) mass is 280 g/mol. The van der Waals surface area contributed by atoms with Crippen LogP contribution in [0, 0.1) is 0 Å². The van der Waals surface area contributed by atoms with Gasteiger partial charge in [-0.1, -0.05) is 51.4 Å². The van der Waals surface area contributed by atoms with Gasteiger partial charge in [0, 0.05) is 13.1 Å². The minimum Gasteiger partial charge on any atom is -0.297 e. The predicted molar refractivity (Wildman–Crippen MR) is 85.0 cm³/mol. The van der Waals surface area contributed by atoms with Crippen LogP contribution in [0.15, 0.2) is 9.98 Å². The molecular formula is C16H28N2O2. The number of carbonyl (C=O) groups excluding carboxylic acids is 2. The third-order valence-electron chi connectivity index (χ3n) is 3.16. The highest BCUT2D eigenvalue weighted by atomic mass is 16.1. The quantitative estimate of drug-likeness (QED) is 0.262. The summed E-state index contributed by atoms with van der Waals surface area (Å²) in [5, 5.41) is 0. The average molecular weight is 280 g/mol. The normalized spacial score (nSPS) is 11.4. The Hall–Kier alpha value is -1.32. The van der Waals surface area contributed by atoms with Crippen molar-refractivity contribution in [1.82, 2.24) is 0 Å².